The Labute approximate surface area is 127 Å². The van der Waals surface area contributed by atoms with Crippen molar-refractivity contribution in [3.63, 3.8) is 0 Å². The Kier molecular flexibility index (Phi) is 3.06. The molecule has 1 aliphatic heterocycles. The first-order chi connectivity index (χ1) is 9.83. The van der Waals surface area contributed by atoms with Gasteiger partial charge in [0, 0.05) is 18.7 Å². The van der Waals surface area contributed by atoms with Gasteiger partial charge in [-0.1, -0.05) is 12.1 Å². The molecule has 0 fully saturated rings. The number of benzene rings is 1. The quantitative estimate of drug-likeness (QED) is 0.855. The third-order valence-electron chi connectivity index (χ3n) is 4.37. The number of hydrogen-bond donors (Lipinski definition) is 1. The van der Waals surface area contributed by atoms with Crippen molar-refractivity contribution < 1.29 is 0 Å². The summed E-state index contributed by atoms with van der Waals surface area (Å²) in [6.07, 6.45) is 6.26. The van der Waals surface area contributed by atoms with Crippen LogP contribution >= 0.6 is 15.9 Å². The lowest BCUT2D eigenvalue weighted by atomic mass is 9.90. The summed E-state index contributed by atoms with van der Waals surface area (Å²) in [6, 6.07) is 6.86. The van der Waals surface area contributed by atoms with Crippen LogP contribution in [0.25, 0.3) is 11.3 Å². The zero-order valence-corrected chi connectivity index (χ0v) is 13.0. The molecule has 2 aromatic rings. The molecule has 2 aliphatic rings. The van der Waals surface area contributed by atoms with E-state index in [-0.39, 0.29) is 0 Å². The van der Waals surface area contributed by atoms with Crippen LogP contribution in [0.3, 0.4) is 0 Å². The van der Waals surface area contributed by atoms with E-state index in [1.165, 1.54) is 42.4 Å². The molecule has 0 saturated heterocycles. The van der Waals surface area contributed by atoms with Crippen molar-refractivity contribution >= 4 is 21.9 Å². The molecular formula is C16H18BrN3. The molecule has 0 atom stereocenters. The lowest BCUT2D eigenvalue weighted by Gasteiger charge is -2.16. The van der Waals surface area contributed by atoms with E-state index in [2.05, 4.69) is 44.0 Å². The Hall–Kier alpha value is -1.29. The van der Waals surface area contributed by atoms with Gasteiger partial charge in [0.05, 0.1) is 0 Å². The lowest BCUT2D eigenvalue weighted by molar-refractivity contribution is 0.618. The molecule has 20 heavy (non-hydrogen) atoms. The Morgan fingerprint density at radius 1 is 1.10 bits per heavy atom. The van der Waals surface area contributed by atoms with Crippen molar-refractivity contribution in [2.75, 3.05) is 11.9 Å². The smallest absolute Gasteiger partial charge is 0.204 e. The van der Waals surface area contributed by atoms with E-state index in [1.54, 1.807) is 0 Å². The first kappa shape index (κ1) is 12.5. The maximum atomic E-state index is 4.77. The number of rotatable bonds is 1. The Morgan fingerprint density at radius 2 is 1.95 bits per heavy atom. The molecule has 0 bridgehead atoms. The van der Waals surface area contributed by atoms with Gasteiger partial charge in [-0.3, -0.25) is 0 Å². The van der Waals surface area contributed by atoms with Crippen LogP contribution in [0.4, 0.5) is 5.95 Å². The van der Waals surface area contributed by atoms with Crippen LogP contribution in [0, 0.1) is 0 Å². The highest BCUT2D eigenvalue weighted by Crippen LogP contribution is 2.34. The standard InChI is InChI=1S/C16H18BrN3/c17-15-14(19-16-18-8-3-9-20(15)16)13-7-6-11-4-1-2-5-12(11)10-13/h6-7,10H,1-5,8-9H2,(H,18,19). The monoisotopic (exact) mass is 331 g/mol. The molecule has 1 aromatic heterocycles. The second-order valence-corrected chi connectivity index (χ2v) is 6.45. The first-order valence-corrected chi connectivity index (χ1v) is 8.24. The van der Waals surface area contributed by atoms with Gasteiger partial charge in [-0.2, -0.15) is 0 Å². The highest BCUT2D eigenvalue weighted by atomic mass is 79.9. The van der Waals surface area contributed by atoms with Gasteiger partial charge >= 0.3 is 0 Å². The summed E-state index contributed by atoms with van der Waals surface area (Å²) in [5, 5.41) is 3.38. The summed E-state index contributed by atoms with van der Waals surface area (Å²) in [4.78, 5) is 4.77. The van der Waals surface area contributed by atoms with Crippen molar-refractivity contribution in [3.8, 4) is 11.3 Å². The first-order valence-electron chi connectivity index (χ1n) is 7.45. The number of halogens is 1. The van der Waals surface area contributed by atoms with Gasteiger partial charge in [0.25, 0.3) is 0 Å². The number of anilines is 1. The van der Waals surface area contributed by atoms with Crippen LogP contribution < -0.4 is 5.32 Å². The molecule has 1 aromatic carbocycles. The molecular weight excluding hydrogens is 314 g/mol. The van der Waals surface area contributed by atoms with Crippen LogP contribution in [0.5, 0.6) is 0 Å². The zero-order valence-electron chi connectivity index (χ0n) is 11.5. The SMILES string of the molecule is Brc1c(-c2ccc3c(c2)CCCC3)nc2n1CCCN2. The van der Waals surface area contributed by atoms with Gasteiger partial charge in [0.2, 0.25) is 5.95 Å². The Balaban J connectivity index is 1.79. The predicted molar refractivity (Wildman–Crippen MR) is 85.1 cm³/mol. The topological polar surface area (TPSA) is 29.9 Å². The average molecular weight is 332 g/mol. The summed E-state index contributed by atoms with van der Waals surface area (Å²) in [6.45, 7) is 2.06. The highest BCUT2D eigenvalue weighted by Gasteiger charge is 2.20. The molecule has 0 unspecified atom stereocenters. The molecule has 2 heterocycles. The highest BCUT2D eigenvalue weighted by molar-refractivity contribution is 9.10. The molecule has 0 radical (unpaired) electrons. The van der Waals surface area contributed by atoms with E-state index < -0.39 is 0 Å². The maximum absolute atomic E-state index is 4.77. The molecule has 0 saturated carbocycles. The van der Waals surface area contributed by atoms with Gasteiger partial charge in [-0.25, -0.2) is 4.98 Å². The second kappa shape index (κ2) is 4.92. The van der Waals surface area contributed by atoms with Crippen LogP contribution in [0.15, 0.2) is 22.8 Å². The third kappa shape index (κ3) is 1.97. The number of aryl methyl sites for hydroxylation is 2. The second-order valence-electron chi connectivity index (χ2n) is 5.70. The Morgan fingerprint density at radius 3 is 2.80 bits per heavy atom. The van der Waals surface area contributed by atoms with E-state index in [0.717, 1.165) is 35.8 Å². The Bertz CT molecular complexity index is 660. The van der Waals surface area contributed by atoms with Crippen molar-refractivity contribution in [1.82, 2.24) is 9.55 Å². The number of imidazole rings is 1. The molecule has 3 nitrogen and oxygen atoms in total. The van der Waals surface area contributed by atoms with Crippen LogP contribution in [-0.2, 0) is 19.4 Å². The number of fused-ring (bicyclic) bond motifs is 2. The van der Waals surface area contributed by atoms with Gasteiger partial charge in [0.1, 0.15) is 10.3 Å². The molecule has 4 heteroatoms. The van der Waals surface area contributed by atoms with Gasteiger partial charge < -0.3 is 9.88 Å². The maximum Gasteiger partial charge on any atom is 0.204 e. The van der Waals surface area contributed by atoms with Gasteiger partial charge in [0.15, 0.2) is 0 Å². The van der Waals surface area contributed by atoms with Crippen molar-refractivity contribution in [2.24, 2.45) is 0 Å². The lowest BCUT2D eigenvalue weighted by Crippen LogP contribution is -2.17. The normalized spacial score (nSPS) is 17.2. The summed E-state index contributed by atoms with van der Waals surface area (Å²) < 4.78 is 3.34. The largest absolute Gasteiger partial charge is 0.356 e. The third-order valence-corrected chi connectivity index (χ3v) is 5.17. The van der Waals surface area contributed by atoms with Crippen LogP contribution in [0.1, 0.15) is 30.4 Å². The van der Waals surface area contributed by atoms with Crippen LogP contribution in [0.2, 0.25) is 0 Å². The fraction of sp³-hybridized carbons (Fsp3) is 0.438. The number of aromatic nitrogens is 2. The average Bonchev–Trinajstić information content (AvgIpc) is 2.84. The van der Waals surface area contributed by atoms with Gasteiger partial charge in [-0.05, 0) is 65.2 Å². The van der Waals surface area contributed by atoms with Gasteiger partial charge in [-0.15, -0.1) is 0 Å². The number of nitrogens with zero attached hydrogens (tertiary/aromatic N) is 2. The van der Waals surface area contributed by atoms with Crippen molar-refractivity contribution in [2.45, 2.75) is 38.6 Å². The summed E-state index contributed by atoms with van der Waals surface area (Å²) >= 11 is 3.73. The predicted octanol–water partition coefficient (Wildman–Crippen LogP) is 4.01. The summed E-state index contributed by atoms with van der Waals surface area (Å²) in [5.74, 6) is 0.996. The van der Waals surface area contributed by atoms with E-state index in [0.29, 0.717) is 0 Å². The molecule has 1 N–H and O–H groups in total. The minimum Gasteiger partial charge on any atom is -0.356 e. The minimum atomic E-state index is 0.996. The minimum absolute atomic E-state index is 0.996. The summed E-state index contributed by atoms with van der Waals surface area (Å²) in [7, 11) is 0. The molecule has 0 amide bonds. The van der Waals surface area contributed by atoms with Crippen LogP contribution in [-0.4, -0.2) is 16.1 Å². The molecule has 1 aliphatic carbocycles. The van der Waals surface area contributed by atoms with Crippen molar-refractivity contribution in [3.05, 3.63) is 33.9 Å². The number of nitrogens with one attached hydrogen (secondary N) is 1. The molecule has 104 valence electrons. The fourth-order valence-electron chi connectivity index (χ4n) is 3.27. The zero-order chi connectivity index (χ0) is 13.5. The van der Waals surface area contributed by atoms with E-state index >= 15 is 0 Å². The van der Waals surface area contributed by atoms with E-state index in [9.17, 15) is 0 Å². The fourth-order valence-corrected chi connectivity index (χ4v) is 3.94. The van der Waals surface area contributed by atoms with E-state index in [4.69, 9.17) is 4.98 Å². The van der Waals surface area contributed by atoms with Crippen molar-refractivity contribution in [1.29, 1.82) is 0 Å². The number of hydrogen-bond acceptors (Lipinski definition) is 2. The summed E-state index contributed by atoms with van der Waals surface area (Å²) in [5.41, 5.74) is 5.35. The van der Waals surface area contributed by atoms with E-state index in [1.807, 2.05) is 0 Å². The molecule has 4 rings (SSSR count). The molecule has 0 spiro atoms.